The summed E-state index contributed by atoms with van der Waals surface area (Å²) in [6, 6.07) is 0. The Hall–Kier alpha value is -1.83. The van der Waals surface area contributed by atoms with E-state index in [1.165, 1.54) is 16.3 Å². The van der Waals surface area contributed by atoms with Gasteiger partial charge in [-0.1, -0.05) is 18.3 Å². The van der Waals surface area contributed by atoms with E-state index in [9.17, 15) is 9.59 Å². The van der Waals surface area contributed by atoms with E-state index in [0.717, 1.165) is 17.8 Å². The maximum atomic E-state index is 11.9. The highest BCUT2D eigenvalue weighted by molar-refractivity contribution is 7.15. The molecule has 0 unspecified atom stereocenters. The van der Waals surface area contributed by atoms with Crippen LogP contribution in [-0.4, -0.2) is 39.8 Å². The summed E-state index contributed by atoms with van der Waals surface area (Å²) in [5, 5.41) is 17.1. The summed E-state index contributed by atoms with van der Waals surface area (Å²) in [6.07, 6.45) is 2.50. The zero-order valence-corrected chi connectivity index (χ0v) is 11.7. The van der Waals surface area contributed by atoms with Crippen molar-refractivity contribution in [1.29, 1.82) is 0 Å². The van der Waals surface area contributed by atoms with E-state index in [0.29, 0.717) is 23.7 Å². The molecule has 1 aromatic rings. The van der Waals surface area contributed by atoms with E-state index < -0.39 is 0 Å². The summed E-state index contributed by atoms with van der Waals surface area (Å²) in [7, 11) is 1.54. The first kappa shape index (κ1) is 13.6. The topological polar surface area (TPSA) is 87.6 Å². The number of hydrazone groups is 1. The number of rotatable bonds is 4. The molecule has 0 aliphatic carbocycles. The van der Waals surface area contributed by atoms with Gasteiger partial charge in [-0.15, -0.1) is 10.2 Å². The van der Waals surface area contributed by atoms with Crippen molar-refractivity contribution in [2.24, 2.45) is 5.10 Å². The Morgan fingerprint density at radius 2 is 2.21 bits per heavy atom. The molecule has 0 aromatic carbocycles. The van der Waals surface area contributed by atoms with Gasteiger partial charge < -0.3 is 0 Å². The highest BCUT2D eigenvalue weighted by Gasteiger charge is 2.22. The lowest BCUT2D eigenvalue weighted by molar-refractivity contribution is -0.130. The SMILES string of the molecule is CCCc1nnc(NC(=O)C2=NN(C)C(=O)CC2)s1. The molecule has 0 atom stereocenters. The molecule has 1 aliphatic heterocycles. The summed E-state index contributed by atoms with van der Waals surface area (Å²) in [6.45, 7) is 2.06. The minimum absolute atomic E-state index is 0.0855. The van der Waals surface area contributed by atoms with Crippen molar-refractivity contribution in [3.05, 3.63) is 5.01 Å². The quantitative estimate of drug-likeness (QED) is 0.893. The Balaban J connectivity index is 2.00. The van der Waals surface area contributed by atoms with Crippen LogP contribution in [0.5, 0.6) is 0 Å². The van der Waals surface area contributed by atoms with Gasteiger partial charge in [0.1, 0.15) is 10.7 Å². The molecule has 102 valence electrons. The highest BCUT2D eigenvalue weighted by atomic mass is 32.1. The van der Waals surface area contributed by atoms with Gasteiger partial charge in [-0.05, 0) is 6.42 Å². The molecule has 0 radical (unpaired) electrons. The predicted molar refractivity (Wildman–Crippen MR) is 72.0 cm³/mol. The van der Waals surface area contributed by atoms with E-state index in [1.54, 1.807) is 7.05 Å². The maximum Gasteiger partial charge on any atom is 0.273 e. The Kier molecular flexibility index (Phi) is 4.20. The Morgan fingerprint density at radius 3 is 2.89 bits per heavy atom. The van der Waals surface area contributed by atoms with Crippen LogP contribution in [0.2, 0.25) is 0 Å². The molecule has 0 spiro atoms. The fourth-order valence-electron chi connectivity index (χ4n) is 1.62. The molecule has 1 N–H and O–H groups in total. The largest absolute Gasteiger partial charge is 0.295 e. The predicted octanol–water partition coefficient (Wildman–Crippen LogP) is 1.04. The van der Waals surface area contributed by atoms with Gasteiger partial charge in [0.2, 0.25) is 11.0 Å². The van der Waals surface area contributed by atoms with Crippen LogP contribution in [0.1, 0.15) is 31.2 Å². The van der Waals surface area contributed by atoms with Crippen LogP contribution in [0.25, 0.3) is 0 Å². The Morgan fingerprint density at radius 1 is 1.42 bits per heavy atom. The third-order valence-corrected chi connectivity index (χ3v) is 3.52. The number of hydrogen-bond donors (Lipinski definition) is 1. The average molecular weight is 281 g/mol. The number of anilines is 1. The lowest BCUT2D eigenvalue weighted by atomic mass is 10.1. The van der Waals surface area contributed by atoms with Gasteiger partial charge in [-0.2, -0.15) is 5.10 Å². The normalized spacial score (nSPS) is 15.4. The summed E-state index contributed by atoms with van der Waals surface area (Å²) in [4.78, 5) is 23.2. The molecule has 0 saturated carbocycles. The fourth-order valence-corrected chi connectivity index (χ4v) is 2.46. The number of carbonyl (C=O) groups excluding carboxylic acids is 2. The van der Waals surface area contributed by atoms with Crippen molar-refractivity contribution in [2.45, 2.75) is 32.6 Å². The molecule has 0 fully saturated rings. The van der Waals surface area contributed by atoms with Crippen LogP contribution < -0.4 is 5.32 Å². The molecular weight excluding hydrogens is 266 g/mol. The lowest BCUT2D eigenvalue weighted by Gasteiger charge is -2.18. The van der Waals surface area contributed by atoms with E-state index in [1.807, 2.05) is 0 Å². The van der Waals surface area contributed by atoms with Crippen molar-refractivity contribution in [1.82, 2.24) is 15.2 Å². The van der Waals surface area contributed by atoms with Crippen LogP contribution in [0.3, 0.4) is 0 Å². The number of amides is 2. The standard InChI is InChI=1S/C11H15N5O2S/c1-3-4-8-13-14-11(19-8)12-10(18)7-5-6-9(17)16(2)15-7/h3-6H2,1-2H3,(H,12,14,18). The summed E-state index contributed by atoms with van der Waals surface area (Å²) < 4.78 is 0. The average Bonchev–Trinajstić information content (AvgIpc) is 2.80. The third kappa shape index (κ3) is 3.34. The minimum atomic E-state index is -0.321. The molecule has 2 heterocycles. The van der Waals surface area contributed by atoms with Gasteiger partial charge in [0, 0.05) is 26.3 Å². The number of carbonyl (C=O) groups is 2. The molecule has 2 rings (SSSR count). The molecule has 0 bridgehead atoms. The van der Waals surface area contributed by atoms with Gasteiger partial charge >= 0.3 is 0 Å². The fraction of sp³-hybridized carbons (Fsp3) is 0.545. The van der Waals surface area contributed by atoms with Gasteiger partial charge in [0.15, 0.2) is 0 Å². The zero-order valence-electron chi connectivity index (χ0n) is 10.8. The van der Waals surface area contributed by atoms with Crippen LogP contribution >= 0.6 is 11.3 Å². The zero-order chi connectivity index (χ0) is 13.8. The van der Waals surface area contributed by atoms with Crippen molar-refractivity contribution in [3.8, 4) is 0 Å². The Labute approximate surface area is 114 Å². The molecule has 1 aromatic heterocycles. The lowest BCUT2D eigenvalue weighted by Crippen LogP contribution is -2.34. The van der Waals surface area contributed by atoms with Crippen LogP contribution in [0.15, 0.2) is 5.10 Å². The minimum Gasteiger partial charge on any atom is -0.295 e. The molecule has 7 nitrogen and oxygen atoms in total. The van der Waals surface area contributed by atoms with Gasteiger partial charge in [0.05, 0.1) is 0 Å². The second-order valence-electron chi connectivity index (χ2n) is 4.17. The molecular formula is C11H15N5O2S. The van der Waals surface area contributed by atoms with Crippen molar-refractivity contribution in [2.75, 3.05) is 12.4 Å². The van der Waals surface area contributed by atoms with Crippen molar-refractivity contribution in [3.63, 3.8) is 0 Å². The van der Waals surface area contributed by atoms with Crippen molar-refractivity contribution >= 4 is 34.0 Å². The number of nitrogens with zero attached hydrogens (tertiary/aromatic N) is 4. The summed E-state index contributed by atoms with van der Waals surface area (Å²) >= 11 is 1.36. The van der Waals surface area contributed by atoms with E-state index >= 15 is 0 Å². The summed E-state index contributed by atoms with van der Waals surface area (Å²) in [5.74, 6) is -0.406. The smallest absolute Gasteiger partial charge is 0.273 e. The number of nitrogens with one attached hydrogen (secondary N) is 1. The van der Waals surface area contributed by atoms with Crippen molar-refractivity contribution < 1.29 is 9.59 Å². The maximum absolute atomic E-state index is 11.9. The molecule has 19 heavy (non-hydrogen) atoms. The van der Waals surface area contributed by atoms with Gasteiger partial charge in [-0.25, -0.2) is 5.01 Å². The second-order valence-corrected chi connectivity index (χ2v) is 5.23. The Bertz CT molecular complexity index is 525. The van der Waals surface area contributed by atoms with Crippen LogP contribution in [0.4, 0.5) is 5.13 Å². The van der Waals surface area contributed by atoms with E-state index in [2.05, 4.69) is 27.5 Å². The molecule has 0 saturated heterocycles. The third-order valence-electron chi connectivity index (χ3n) is 2.62. The second kappa shape index (κ2) is 5.87. The highest BCUT2D eigenvalue weighted by Crippen LogP contribution is 2.17. The molecule has 2 amide bonds. The number of aryl methyl sites for hydroxylation is 1. The number of aromatic nitrogens is 2. The molecule has 1 aliphatic rings. The first-order chi connectivity index (χ1) is 9.10. The van der Waals surface area contributed by atoms with E-state index in [-0.39, 0.29) is 11.8 Å². The van der Waals surface area contributed by atoms with Gasteiger partial charge in [0.25, 0.3) is 5.91 Å². The van der Waals surface area contributed by atoms with Gasteiger partial charge in [-0.3, -0.25) is 14.9 Å². The first-order valence-electron chi connectivity index (χ1n) is 6.08. The number of hydrogen-bond acceptors (Lipinski definition) is 6. The molecule has 8 heteroatoms. The summed E-state index contributed by atoms with van der Waals surface area (Å²) in [5.41, 5.74) is 0.342. The van der Waals surface area contributed by atoms with Crippen LogP contribution in [0, 0.1) is 0 Å². The van der Waals surface area contributed by atoms with E-state index in [4.69, 9.17) is 0 Å². The first-order valence-corrected chi connectivity index (χ1v) is 6.89. The monoisotopic (exact) mass is 281 g/mol. The van der Waals surface area contributed by atoms with Crippen LogP contribution in [-0.2, 0) is 16.0 Å².